The first-order valence-corrected chi connectivity index (χ1v) is 11.8. The molecule has 0 bridgehead atoms. The summed E-state index contributed by atoms with van der Waals surface area (Å²) in [7, 11) is 1.63. The third kappa shape index (κ3) is 5.38. The van der Waals surface area contributed by atoms with Gasteiger partial charge in [-0.3, -0.25) is 4.79 Å². The first-order valence-electron chi connectivity index (χ1n) is 11.8. The third-order valence-corrected chi connectivity index (χ3v) is 6.14. The number of carbonyl (C=O) groups is 1. The van der Waals surface area contributed by atoms with Crippen LogP contribution >= 0.6 is 0 Å². The molecule has 180 valence electrons. The minimum Gasteiger partial charge on any atom is -0.497 e. The average molecular weight is 470 g/mol. The van der Waals surface area contributed by atoms with Gasteiger partial charge in [0, 0.05) is 11.6 Å². The highest BCUT2D eigenvalue weighted by Gasteiger charge is 2.26. The number of para-hydroxylation sites is 1. The summed E-state index contributed by atoms with van der Waals surface area (Å²) in [5.74, 6) is 1.99. The van der Waals surface area contributed by atoms with Crippen LogP contribution in [0.2, 0.25) is 0 Å². The zero-order chi connectivity index (χ0) is 24.8. The summed E-state index contributed by atoms with van der Waals surface area (Å²) in [6, 6.07) is 26.7. The van der Waals surface area contributed by atoms with Crippen molar-refractivity contribution in [3.8, 4) is 23.1 Å². The zero-order valence-corrected chi connectivity index (χ0v) is 20.6. The van der Waals surface area contributed by atoms with Gasteiger partial charge in [-0.1, -0.05) is 43.3 Å². The maximum absolute atomic E-state index is 13.5. The Morgan fingerprint density at radius 3 is 2.14 bits per heavy atom. The van der Waals surface area contributed by atoms with Crippen LogP contribution in [0.15, 0.2) is 84.9 Å². The molecule has 35 heavy (non-hydrogen) atoms. The molecule has 0 N–H and O–H groups in total. The lowest BCUT2D eigenvalue weighted by Gasteiger charge is -2.29. The maximum atomic E-state index is 13.5. The average Bonchev–Trinajstić information content (AvgIpc) is 3.22. The number of methoxy groups -OCH3 is 1. The first kappa shape index (κ1) is 24.1. The number of hydrogen-bond donors (Lipinski definition) is 0. The Morgan fingerprint density at radius 1 is 0.943 bits per heavy atom. The van der Waals surface area contributed by atoms with Crippen LogP contribution in [0, 0.1) is 6.92 Å². The standard InChI is InChI=1S/C29H31N3O3/c1-5-21(2)31(28(33)23-12-8-6-9-13-23)20-27-22(3)30-32(24-14-10-7-11-15-24)29(27)35-26-18-16-25(34-4)17-19-26/h6-19,21H,5,20H2,1-4H3. The number of ether oxygens (including phenoxy) is 2. The largest absolute Gasteiger partial charge is 0.497 e. The molecule has 1 aromatic heterocycles. The molecule has 0 aliphatic heterocycles. The summed E-state index contributed by atoms with van der Waals surface area (Å²) in [6.07, 6.45) is 0.832. The normalized spacial score (nSPS) is 11.7. The predicted octanol–water partition coefficient (Wildman–Crippen LogP) is 6.42. The van der Waals surface area contributed by atoms with E-state index in [1.807, 2.05) is 96.8 Å². The summed E-state index contributed by atoms with van der Waals surface area (Å²) in [5.41, 5.74) is 3.23. The lowest BCUT2D eigenvalue weighted by Crippen LogP contribution is -2.38. The smallest absolute Gasteiger partial charge is 0.254 e. The van der Waals surface area contributed by atoms with Crippen molar-refractivity contribution in [2.75, 3.05) is 7.11 Å². The fourth-order valence-corrected chi connectivity index (χ4v) is 3.89. The molecule has 1 atom stereocenters. The molecular weight excluding hydrogens is 438 g/mol. The fourth-order valence-electron chi connectivity index (χ4n) is 3.89. The number of hydrogen-bond acceptors (Lipinski definition) is 4. The van der Waals surface area contributed by atoms with Gasteiger partial charge in [-0.2, -0.15) is 5.10 Å². The molecule has 0 spiro atoms. The Morgan fingerprint density at radius 2 is 1.54 bits per heavy atom. The highest BCUT2D eigenvalue weighted by molar-refractivity contribution is 5.94. The van der Waals surface area contributed by atoms with E-state index in [2.05, 4.69) is 13.8 Å². The van der Waals surface area contributed by atoms with E-state index in [0.29, 0.717) is 23.7 Å². The van der Waals surface area contributed by atoms with Crippen LogP contribution in [0.25, 0.3) is 5.69 Å². The molecule has 0 saturated heterocycles. The molecule has 0 saturated carbocycles. The molecule has 4 rings (SSSR count). The summed E-state index contributed by atoms with van der Waals surface area (Å²) in [4.78, 5) is 15.4. The Balaban J connectivity index is 1.77. The number of carbonyl (C=O) groups excluding carboxylic acids is 1. The summed E-state index contributed by atoms with van der Waals surface area (Å²) < 4.78 is 13.5. The molecule has 0 radical (unpaired) electrons. The van der Waals surface area contributed by atoms with Crippen molar-refractivity contribution in [2.45, 2.75) is 39.8 Å². The zero-order valence-electron chi connectivity index (χ0n) is 20.6. The monoisotopic (exact) mass is 469 g/mol. The Bertz CT molecular complexity index is 1250. The van der Waals surface area contributed by atoms with Crippen molar-refractivity contribution >= 4 is 5.91 Å². The first-order chi connectivity index (χ1) is 17.0. The van der Waals surface area contributed by atoms with Crippen molar-refractivity contribution in [2.24, 2.45) is 0 Å². The van der Waals surface area contributed by atoms with Gasteiger partial charge in [0.05, 0.1) is 30.6 Å². The van der Waals surface area contributed by atoms with Crippen LogP contribution in [-0.4, -0.2) is 33.7 Å². The summed E-state index contributed by atoms with van der Waals surface area (Å²) >= 11 is 0. The van der Waals surface area contributed by atoms with Crippen LogP contribution in [0.1, 0.15) is 41.9 Å². The van der Waals surface area contributed by atoms with Crippen LogP contribution in [0.3, 0.4) is 0 Å². The number of amides is 1. The lowest BCUT2D eigenvalue weighted by atomic mass is 10.1. The predicted molar refractivity (Wildman–Crippen MR) is 137 cm³/mol. The van der Waals surface area contributed by atoms with E-state index < -0.39 is 0 Å². The van der Waals surface area contributed by atoms with Gasteiger partial charge >= 0.3 is 0 Å². The molecule has 1 unspecified atom stereocenters. The van der Waals surface area contributed by atoms with E-state index in [4.69, 9.17) is 14.6 Å². The van der Waals surface area contributed by atoms with Crippen LogP contribution in [-0.2, 0) is 6.54 Å². The van der Waals surface area contributed by atoms with Gasteiger partial charge in [0.1, 0.15) is 11.5 Å². The maximum Gasteiger partial charge on any atom is 0.254 e. The number of nitrogens with zero attached hydrogens (tertiary/aromatic N) is 3. The van der Waals surface area contributed by atoms with Crippen molar-refractivity contribution in [1.82, 2.24) is 14.7 Å². The quantitative estimate of drug-likeness (QED) is 0.284. The Labute approximate surface area is 206 Å². The van der Waals surface area contributed by atoms with Crippen molar-refractivity contribution in [3.05, 3.63) is 102 Å². The van der Waals surface area contributed by atoms with Gasteiger partial charge < -0.3 is 14.4 Å². The number of aromatic nitrogens is 2. The number of rotatable bonds is 9. The van der Waals surface area contributed by atoms with Crippen LogP contribution < -0.4 is 9.47 Å². The highest BCUT2D eigenvalue weighted by atomic mass is 16.5. The summed E-state index contributed by atoms with van der Waals surface area (Å²) in [5, 5.41) is 4.81. The second-order valence-corrected chi connectivity index (χ2v) is 8.45. The van der Waals surface area contributed by atoms with E-state index >= 15 is 0 Å². The molecule has 0 fully saturated rings. The molecule has 0 aliphatic rings. The lowest BCUT2D eigenvalue weighted by molar-refractivity contribution is 0.0670. The van der Waals surface area contributed by atoms with Crippen LogP contribution in [0.5, 0.6) is 17.4 Å². The van der Waals surface area contributed by atoms with E-state index in [0.717, 1.165) is 29.1 Å². The molecule has 1 heterocycles. The van der Waals surface area contributed by atoms with E-state index in [9.17, 15) is 4.79 Å². The Hall–Kier alpha value is -4.06. The van der Waals surface area contributed by atoms with Gasteiger partial charge in [-0.05, 0) is 68.8 Å². The molecule has 6 heteroatoms. The SMILES string of the molecule is CCC(C)N(Cc1c(C)nn(-c2ccccc2)c1Oc1ccc(OC)cc1)C(=O)c1ccccc1. The molecule has 3 aromatic carbocycles. The van der Waals surface area contributed by atoms with Crippen molar-refractivity contribution in [1.29, 1.82) is 0 Å². The second kappa shape index (κ2) is 10.9. The molecular formula is C29H31N3O3. The fraction of sp³-hybridized carbons (Fsp3) is 0.241. The third-order valence-electron chi connectivity index (χ3n) is 6.14. The molecule has 0 aliphatic carbocycles. The number of benzene rings is 3. The van der Waals surface area contributed by atoms with Gasteiger partial charge in [-0.25, -0.2) is 4.68 Å². The topological polar surface area (TPSA) is 56.6 Å². The van der Waals surface area contributed by atoms with Crippen molar-refractivity contribution < 1.29 is 14.3 Å². The second-order valence-electron chi connectivity index (χ2n) is 8.45. The van der Waals surface area contributed by atoms with Gasteiger partial charge in [0.15, 0.2) is 0 Å². The molecule has 4 aromatic rings. The van der Waals surface area contributed by atoms with E-state index in [1.165, 1.54) is 0 Å². The van der Waals surface area contributed by atoms with E-state index in [-0.39, 0.29) is 11.9 Å². The Kier molecular flexibility index (Phi) is 7.51. The molecule has 6 nitrogen and oxygen atoms in total. The summed E-state index contributed by atoms with van der Waals surface area (Å²) in [6.45, 7) is 6.50. The van der Waals surface area contributed by atoms with Crippen molar-refractivity contribution in [3.63, 3.8) is 0 Å². The number of aryl methyl sites for hydroxylation is 1. The van der Waals surface area contributed by atoms with E-state index in [1.54, 1.807) is 11.8 Å². The van der Waals surface area contributed by atoms with Gasteiger partial charge in [0.25, 0.3) is 5.91 Å². The minimum absolute atomic E-state index is 0.0118. The van der Waals surface area contributed by atoms with Gasteiger partial charge in [-0.15, -0.1) is 0 Å². The highest BCUT2D eigenvalue weighted by Crippen LogP contribution is 2.33. The molecule has 1 amide bonds. The van der Waals surface area contributed by atoms with Gasteiger partial charge in [0.2, 0.25) is 5.88 Å². The van der Waals surface area contributed by atoms with Crippen LogP contribution in [0.4, 0.5) is 0 Å². The minimum atomic E-state index is -0.0118.